The van der Waals surface area contributed by atoms with Crippen LogP contribution in [0.1, 0.15) is 40.0 Å². The van der Waals surface area contributed by atoms with Crippen molar-refractivity contribution in [3.05, 3.63) is 11.1 Å². The van der Waals surface area contributed by atoms with Crippen LogP contribution in [-0.4, -0.2) is 29.1 Å². The summed E-state index contributed by atoms with van der Waals surface area (Å²) in [4.78, 5) is 23.3. The maximum Gasteiger partial charge on any atom is 0.341 e. The third-order valence-electron chi connectivity index (χ3n) is 2.72. The van der Waals surface area contributed by atoms with Crippen LogP contribution in [0.5, 0.6) is 0 Å². The molecule has 1 N–H and O–H groups in total. The van der Waals surface area contributed by atoms with Crippen LogP contribution in [0.15, 0.2) is 11.1 Å². The van der Waals surface area contributed by atoms with Gasteiger partial charge >= 0.3 is 5.97 Å². The fourth-order valence-corrected chi connectivity index (χ4v) is 2.03. The minimum absolute atomic E-state index is 0.0174. The minimum Gasteiger partial charge on any atom is -0.462 e. The SMILES string of the molecule is CCCC1=C(C(=O)OCC)C(=O)CC1(C)O. The van der Waals surface area contributed by atoms with Crippen LogP contribution in [0.4, 0.5) is 0 Å². The smallest absolute Gasteiger partial charge is 0.341 e. The largest absolute Gasteiger partial charge is 0.462 e. The fraction of sp³-hybridized carbons (Fsp3) is 0.667. The lowest BCUT2D eigenvalue weighted by Crippen LogP contribution is -2.24. The molecule has 1 atom stereocenters. The summed E-state index contributed by atoms with van der Waals surface area (Å²) >= 11 is 0. The zero-order chi connectivity index (χ0) is 12.3. The molecule has 0 heterocycles. The van der Waals surface area contributed by atoms with Crippen LogP contribution < -0.4 is 0 Å². The summed E-state index contributed by atoms with van der Waals surface area (Å²) in [7, 11) is 0. The van der Waals surface area contributed by atoms with Gasteiger partial charge in [-0.25, -0.2) is 4.79 Å². The van der Waals surface area contributed by atoms with Gasteiger partial charge in [0, 0.05) is 6.42 Å². The molecule has 0 radical (unpaired) electrons. The zero-order valence-electron chi connectivity index (χ0n) is 10.0. The first-order valence-corrected chi connectivity index (χ1v) is 5.60. The van der Waals surface area contributed by atoms with Crippen molar-refractivity contribution in [2.75, 3.05) is 6.61 Å². The fourth-order valence-electron chi connectivity index (χ4n) is 2.03. The molecular formula is C12H18O4. The Morgan fingerprint density at radius 3 is 2.62 bits per heavy atom. The molecule has 0 bridgehead atoms. The third-order valence-corrected chi connectivity index (χ3v) is 2.72. The number of esters is 1. The summed E-state index contributed by atoms with van der Waals surface area (Å²) < 4.78 is 4.84. The van der Waals surface area contributed by atoms with E-state index in [9.17, 15) is 14.7 Å². The number of carbonyl (C=O) groups is 2. The van der Waals surface area contributed by atoms with E-state index in [4.69, 9.17) is 4.74 Å². The van der Waals surface area contributed by atoms with Crippen molar-refractivity contribution < 1.29 is 19.4 Å². The topological polar surface area (TPSA) is 63.6 Å². The van der Waals surface area contributed by atoms with E-state index in [1.807, 2.05) is 6.92 Å². The van der Waals surface area contributed by atoms with E-state index in [0.29, 0.717) is 12.0 Å². The second-order valence-electron chi connectivity index (χ2n) is 4.20. The van der Waals surface area contributed by atoms with Gasteiger partial charge in [0.15, 0.2) is 5.78 Å². The van der Waals surface area contributed by atoms with Crippen LogP contribution in [-0.2, 0) is 14.3 Å². The molecule has 0 aromatic heterocycles. The van der Waals surface area contributed by atoms with Crippen molar-refractivity contribution in [2.45, 2.75) is 45.6 Å². The Labute approximate surface area is 95.3 Å². The second-order valence-corrected chi connectivity index (χ2v) is 4.20. The lowest BCUT2D eigenvalue weighted by Gasteiger charge is -2.19. The van der Waals surface area contributed by atoms with Gasteiger partial charge < -0.3 is 9.84 Å². The van der Waals surface area contributed by atoms with Crippen LogP contribution in [0.2, 0.25) is 0 Å². The van der Waals surface area contributed by atoms with Gasteiger partial charge in [-0.3, -0.25) is 4.79 Å². The van der Waals surface area contributed by atoms with Gasteiger partial charge in [0.1, 0.15) is 5.57 Å². The number of Topliss-reactive ketones (excluding diaryl/α,β-unsaturated/α-hetero) is 1. The molecule has 0 spiro atoms. The number of carbonyl (C=O) groups excluding carboxylic acids is 2. The summed E-state index contributed by atoms with van der Waals surface area (Å²) in [5, 5.41) is 10.1. The number of hydrogen-bond donors (Lipinski definition) is 1. The first-order chi connectivity index (χ1) is 7.44. The highest BCUT2D eigenvalue weighted by Gasteiger charge is 2.42. The molecule has 0 aliphatic heterocycles. The zero-order valence-corrected chi connectivity index (χ0v) is 10.0. The van der Waals surface area contributed by atoms with E-state index in [-0.39, 0.29) is 24.4 Å². The van der Waals surface area contributed by atoms with Gasteiger partial charge in [-0.15, -0.1) is 0 Å². The normalized spacial score (nSPS) is 25.1. The van der Waals surface area contributed by atoms with Gasteiger partial charge in [-0.05, 0) is 25.8 Å². The van der Waals surface area contributed by atoms with Gasteiger partial charge in [0.25, 0.3) is 0 Å². The summed E-state index contributed by atoms with van der Waals surface area (Å²) in [5.74, 6) is -0.916. The molecule has 1 aliphatic rings. The Balaban J connectivity index is 3.10. The number of rotatable bonds is 4. The highest BCUT2D eigenvalue weighted by atomic mass is 16.5. The molecular weight excluding hydrogens is 208 g/mol. The molecule has 0 saturated heterocycles. The second kappa shape index (κ2) is 4.78. The first-order valence-electron chi connectivity index (χ1n) is 5.60. The maximum atomic E-state index is 11.7. The lowest BCUT2D eigenvalue weighted by molar-refractivity contribution is -0.139. The Bertz CT molecular complexity index is 339. The van der Waals surface area contributed by atoms with Crippen molar-refractivity contribution >= 4 is 11.8 Å². The van der Waals surface area contributed by atoms with Gasteiger partial charge in [-0.1, -0.05) is 13.3 Å². The van der Waals surface area contributed by atoms with E-state index >= 15 is 0 Å². The van der Waals surface area contributed by atoms with Crippen molar-refractivity contribution in [3.63, 3.8) is 0 Å². The molecule has 0 saturated carbocycles. The van der Waals surface area contributed by atoms with E-state index in [0.717, 1.165) is 6.42 Å². The van der Waals surface area contributed by atoms with Crippen molar-refractivity contribution in [1.82, 2.24) is 0 Å². The molecule has 1 aliphatic carbocycles. The summed E-state index contributed by atoms with van der Waals surface area (Å²) in [5.41, 5.74) is -0.595. The van der Waals surface area contributed by atoms with E-state index in [1.165, 1.54) is 0 Å². The van der Waals surface area contributed by atoms with Crippen molar-refractivity contribution in [2.24, 2.45) is 0 Å². The number of hydrogen-bond acceptors (Lipinski definition) is 4. The van der Waals surface area contributed by atoms with E-state index < -0.39 is 11.6 Å². The Morgan fingerprint density at radius 1 is 1.50 bits per heavy atom. The van der Waals surface area contributed by atoms with E-state index in [1.54, 1.807) is 13.8 Å². The number of ketones is 1. The maximum absolute atomic E-state index is 11.7. The minimum atomic E-state index is -1.19. The molecule has 0 aromatic rings. The average molecular weight is 226 g/mol. The standard InChI is InChI=1S/C12H18O4/c1-4-6-8-10(11(14)16-5-2)9(13)7-12(8,3)15/h15H,4-7H2,1-3H3. The van der Waals surface area contributed by atoms with Gasteiger partial charge in [0.2, 0.25) is 0 Å². The Kier molecular flexibility index (Phi) is 3.86. The molecule has 0 aromatic carbocycles. The Morgan fingerprint density at radius 2 is 2.12 bits per heavy atom. The third kappa shape index (κ3) is 2.32. The predicted molar refractivity (Wildman–Crippen MR) is 58.8 cm³/mol. The summed E-state index contributed by atoms with van der Waals surface area (Å²) in [6.45, 7) is 5.43. The van der Waals surface area contributed by atoms with Crippen LogP contribution in [0.25, 0.3) is 0 Å². The molecule has 1 rings (SSSR count). The van der Waals surface area contributed by atoms with Gasteiger partial charge in [-0.2, -0.15) is 0 Å². The highest BCUT2D eigenvalue weighted by molar-refractivity contribution is 6.20. The first kappa shape index (κ1) is 12.9. The molecule has 1 unspecified atom stereocenters. The summed E-state index contributed by atoms with van der Waals surface area (Å²) in [6.07, 6.45) is 1.31. The molecule has 4 nitrogen and oxygen atoms in total. The van der Waals surface area contributed by atoms with Crippen LogP contribution in [0, 0.1) is 0 Å². The lowest BCUT2D eigenvalue weighted by atomic mass is 9.94. The van der Waals surface area contributed by atoms with Crippen LogP contribution >= 0.6 is 0 Å². The monoisotopic (exact) mass is 226 g/mol. The number of ether oxygens (including phenoxy) is 1. The predicted octanol–water partition coefficient (Wildman–Crippen LogP) is 1.37. The molecule has 0 amide bonds. The van der Waals surface area contributed by atoms with Crippen LogP contribution in [0.3, 0.4) is 0 Å². The quantitative estimate of drug-likeness (QED) is 0.581. The molecule has 0 fully saturated rings. The summed E-state index contributed by atoms with van der Waals surface area (Å²) in [6, 6.07) is 0. The molecule has 4 heteroatoms. The Hall–Kier alpha value is -1.16. The average Bonchev–Trinajstić information content (AvgIpc) is 2.37. The van der Waals surface area contributed by atoms with Crippen molar-refractivity contribution in [1.29, 1.82) is 0 Å². The molecule has 16 heavy (non-hydrogen) atoms. The highest BCUT2D eigenvalue weighted by Crippen LogP contribution is 2.36. The van der Waals surface area contributed by atoms with Gasteiger partial charge in [0.05, 0.1) is 12.2 Å². The van der Waals surface area contributed by atoms with Crippen molar-refractivity contribution in [3.8, 4) is 0 Å². The van der Waals surface area contributed by atoms with E-state index in [2.05, 4.69) is 0 Å². The number of aliphatic hydroxyl groups is 1. The molecule has 90 valence electrons.